The summed E-state index contributed by atoms with van der Waals surface area (Å²) < 4.78 is 3.19. The molecule has 1 heteroatoms. The number of rotatable bonds is 7. The Labute approximate surface area is 122 Å². The molecule has 2 aromatic carbocycles. The van der Waals surface area contributed by atoms with E-state index in [1.807, 2.05) is 0 Å². The van der Waals surface area contributed by atoms with Crippen molar-refractivity contribution in [2.24, 2.45) is 0 Å². The molecule has 0 radical (unpaired) electrons. The topological polar surface area (TPSA) is 0 Å². The maximum atomic E-state index is 2.33. The molecule has 0 heterocycles. The van der Waals surface area contributed by atoms with E-state index in [9.17, 15) is 0 Å². The van der Waals surface area contributed by atoms with Crippen LogP contribution >= 0.6 is 0 Å². The molecule has 2 rings (SSSR count). The van der Waals surface area contributed by atoms with E-state index >= 15 is 0 Å². The minimum absolute atomic E-state index is 1.07. The van der Waals surface area contributed by atoms with Crippen LogP contribution in [0, 0.1) is 0 Å². The molecule has 0 aliphatic heterocycles. The molecule has 0 aromatic heterocycles. The van der Waals surface area contributed by atoms with Gasteiger partial charge in [0.05, 0.1) is 0 Å². The predicted molar refractivity (Wildman–Crippen MR) is 86.9 cm³/mol. The van der Waals surface area contributed by atoms with Crippen LogP contribution in [0.1, 0.15) is 32.6 Å². The van der Waals surface area contributed by atoms with Crippen molar-refractivity contribution in [1.29, 1.82) is 0 Å². The summed E-state index contributed by atoms with van der Waals surface area (Å²) in [5, 5.41) is 1.40. The van der Waals surface area contributed by atoms with Gasteiger partial charge in [-0.15, -0.1) is 0 Å². The van der Waals surface area contributed by atoms with Crippen LogP contribution in [0.2, 0.25) is 5.21 Å². The summed E-state index contributed by atoms with van der Waals surface area (Å²) >= 11 is -1.07. The second kappa shape index (κ2) is 8.23. The van der Waals surface area contributed by atoms with E-state index in [1.54, 1.807) is 8.70 Å². The second-order valence-electron chi connectivity index (χ2n) is 4.88. The Kier molecular flexibility index (Phi) is 6.24. The van der Waals surface area contributed by atoms with Crippen molar-refractivity contribution in [2.45, 2.75) is 37.8 Å². The molecule has 2 aromatic rings. The quantitative estimate of drug-likeness (QED) is 0.537. The Morgan fingerprint density at radius 2 is 1.21 bits per heavy atom. The molecular formula is C18H23As. The third-order valence-corrected chi connectivity index (χ3v) is 8.84. The zero-order valence-electron chi connectivity index (χ0n) is 11.8. The van der Waals surface area contributed by atoms with Gasteiger partial charge in [0, 0.05) is 0 Å². The van der Waals surface area contributed by atoms with Crippen LogP contribution in [0.15, 0.2) is 60.7 Å². The second-order valence-corrected chi connectivity index (χ2v) is 9.78. The summed E-state index contributed by atoms with van der Waals surface area (Å²) in [6.45, 7) is 2.28. The molecule has 0 saturated heterocycles. The standard InChI is InChI=1S/C18H23As/c1-2-3-4-11-16-19(17-12-7-5-8-13-17)18-14-9-6-10-15-18/h5-10,12-15H,2-4,11,16H2,1H3. The van der Waals surface area contributed by atoms with E-state index in [0.717, 1.165) is 0 Å². The average Bonchev–Trinajstić information content (AvgIpc) is 2.49. The summed E-state index contributed by atoms with van der Waals surface area (Å²) in [5.41, 5.74) is 0. The third kappa shape index (κ3) is 4.55. The SMILES string of the molecule is CCCCCC[As](c1ccccc1)c1ccccc1. The van der Waals surface area contributed by atoms with Crippen LogP contribution < -0.4 is 8.70 Å². The third-order valence-electron chi connectivity index (χ3n) is 3.37. The Morgan fingerprint density at radius 1 is 0.684 bits per heavy atom. The number of hydrogen-bond acceptors (Lipinski definition) is 0. The average molecular weight is 314 g/mol. The van der Waals surface area contributed by atoms with Crippen LogP contribution in [0.4, 0.5) is 0 Å². The van der Waals surface area contributed by atoms with Crippen molar-refractivity contribution < 1.29 is 0 Å². The monoisotopic (exact) mass is 314 g/mol. The van der Waals surface area contributed by atoms with E-state index in [2.05, 4.69) is 67.6 Å². The molecule has 0 aliphatic rings. The van der Waals surface area contributed by atoms with Crippen molar-refractivity contribution in [2.75, 3.05) is 0 Å². The van der Waals surface area contributed by atoms with Gasteiger partial charge >= 0.3 is 122 Å². The normalized spacial score (nSPS) is 10.8. The molecule has 0 fully saturated rings. The van der Waals surface area contributed by atoms with Crippen molar-refractivity contribution in [3.63, 3.8) is 0 Å². The first-order valence-corrected chi connectivity index (χ1v) is 10.5. The first-order valence-electron chi connectivity index (χ1n) is 7.29. The molecule has 0 spiro atoms. The van der Waals surface area contributed by atoms with Gasteiger partial charge in [-0.2, -0.15) is 0 Å². The molecular weight excluding hydrogens is 291 g/mol. The molecule has 0 unspecified atom stereocenters. The summed E-state index contributed by atoms with van der Waals surface area (Å²) in [6, 6.07) is 22.3. The first-order chi connectivity index (χ1) is 9.42. The van der Waals surface area contributed by atoms with Crippen LogP contribution in [-0.4, -0.2) is 14.7 Å². The van der Waals surface area contributed by atoms with Crippen LogP contribution in [0.25, 0.3) is 0 Å². The van der Waals surface area contributed by atoms with Crippen LogP contribution in [0.3, 0.4) is 0 Å². The number of benzene rings is 2. The van der Waals surface area contributed by atoms with Gasteiger partial charge in [0.1, 0.15) is 0 Å². The zero-order valence-corrected chi connectivity index (χ0v) is 13.6. The molecule has 0 atom stereocenters. The van der Waals surface area contributed by atoms with E-state index in [1.165, 1.54) is 30.9 Å². The Hall–Kier alpha value is -1.00. The summed E-state index contributed by atoms with van der Waals surface area (Å²) in [5.74, 6) is 0. The minimum atomic E-state index is -1.07. The number of unbranched alkanes of at least 4 members (excludes halogenated alkanes) is 3. The van der Waals surface area contributed by atoms with Gasteiger partial charge in [0.15, 0.2) is 0 Å². The first kappa shape index (κ1) is 14.4. The Morgan fingerprint density at radius 3 is 1.68 bits per heavy atom. The summed E-state index contributed by atoms with van der Waals surface area (Å²) in [7, 11) is 0. The van der Waals surface area contributed by atoms with Gasteiger partial charge in [-0.25, -0.2) is 0 Å². The van der Waals surface area contributed by atoms with Crippen LogP contribution in [0.5, 0.6) is 0 Å². The fourth-order valence-corrected chi connectivity index (χ4v) is 7.39. The molecule has 19 heavy (non-hydrogen) atoms. The molecule has 0 nitrogen and oxygen atoms in total. The predicted octanol–water partition coefficient (Wildman–Crippen LogP) is 3.88. The van der Waals surface area contributed by atoms with Crippen molar-refractivity contribution in [3.8, 4) is 0 Å². The summed E-state index contributed by atoms with van der Waals surface area (Å²) in [6.07, 6.45) is 5.48. The van der Waals surface area contributed by atoms with Gasteiger partial charge in [-0.3, -0.25) is 0 Å². The van der Waals surface area contributed by atoms with Crippen LogP contribution in [-0.2, 0) is 0 Å². The molecule has 0 bridgehead atoms. The zero-order chi connectivity index (χ0) is 13.3. The van der Waals surface area contributed by atoms with Gasteiger partial charge in [0.2, 0.25) is 0 Å². The van der Waals surface area contributed by atoms with E-state index in [4.69, 9.17) is 0 Å². The molecule has 0 saturated carbocycles. The van der Waals surface area contributed by atoms with Gasteiger partial charge < -0.3 is 0 Å². The van der Waals surface area contributed by atoms with E-state index < -0.39 is 14.7 Å². The van der Waals surface area contributed by atoms with E-state index in [0.29, 0.717) is 0 Å². The molecule has 0 amide bonds. The maximum absolute atomic E-state index is 2.33. The molecule has 100 valence electrons. The van der Waals surface area contributed by atoms with E-state index in [-0.39, 0.29) is 0 Å². The van der Waals surface area contributed by atoms with Gasteiger partial charge in [-0.1, -0.05) is 0 Å². The van der Waals surface area contributed by atoms with Crippen molar-refractivity contribution >= 4 is 23.4 Å². The fraction of sp³-hybridized carbons (Fsp3) is 0.333. The van der Waals surface area contributed by atoms with Crippen molar-refractivity contribution in [1.82, 2.24) is 0 Å². The Bertz CT molecular complexity index is 410. The number of hydrogen-bond donors (Lipinski definition) is 0. The Balaban J connectivity index is 2.10. The molecule has 0 N–H and O–H groups in total. The van der Waals surface area contributed by atoms with Gasteiger partial charge in [0.25, 0.3) is 0 Å². The fourth-order valence-electron chi connectivity index (χ4n) is 2.32. The summed E-state index contributed by atoms with van der Waals surface area (Å²) in [4.78, 5) is 0. The molecule has 0 aliphatic carbocycles. The van der Waals surface area contributed by atoms with Crippen molar-refractivity contribution in [3.05, 3.63) is 60.7 Å². The van der Waals surface area contributed by atoms with Gasteiger partial charge in [-0.05, 0) is 0 Å².